The maximum Gasteiger partial charge on any atom is 0.237 e. The summed E-state index contributed by atoms with van der Waals surface area (Å²) < 4.78 is 0. The van der Waals surface area contributed by atoms with E-state index in [0.717, 1.165) is 13.0 Å². The Bertz CT molecular complexity index is 263. The van der Waals surface area contributed by atoms with Crippen LogP contribution in [-0.2, 0) is 4.79 Å². The van der Waals surface area contributed by atoms with Gasteiger partial charge in [-0.15, -0.1) is 0 Å². The van der Waals surface area contributed by atoms with Gasteiger partial charge in [0, 0.05) is 18.6 Å². The van der Waals surface area contributed by atoms with E-state index >= 15 is 0 Å². The van der Waals surface area contributed by atoms with E-state index in [2.05, 4.69) is 17.1 Å². The van der Waals surface area contributed by atoms with Gasteiger partial charge in [0.05, 0.1) is 6.04 Å². The Morgan fingerprint density at radius 2 is 2.06 bits per heavy atom. The quantitative estimate of drug-likeness (QED) is 0.768. The van der Waals surface area contributed by atoms with Gasteiger partial charge in [-0.25, -0.2) is 0 Å². The fourth-order valence-corrected chi connectivity index (χ4v) is 3.35. The van der Waals surface area contributed by atoms with E-state index in [1.54, 1.807) is 0 Å². The van der Waals surface area contributed by atoms with E-state index in [9.17, 15) is 4.79 Å². The molecule has 1 amide bonds. The van der Waals surface area contributed by atoms with E-state index in [0.29, 0.717) is 18.6 Å². The predicted octanol–water partition coefficient (Wildman–Crippen LogP) is 0.857. The SMILES string of the molecule is CC1CNC(=O)C(CCN)N1C1CCCCC1. The summed E-state index contributed by atoms with van der Waals surface area (Å²) >= 11 is 0. The summed E-state index contributed by atoms with van der Waals surface area (Å²) in [5, 5.41) is 3.00. The number of piperazine rings is 1. The second kappa shape index (κ2) is 5.83. The molecule has 0 bridgehead atoms. The molecule has 0 radical (unpaired) electrons. The molecule has 2 aliphatic rings. The zero-order valence-corrected chi connectivity index (χ0v) is 10.8. The number of nitrogens with two attached hydrogens (primary N) is 1. The molecule has 3 N–H and O–H groups in total. The molecule has 2 fully saturated rings. The molecule has 2 atom stereocenters. The van der Waals surface area contributed by atoms with Gasteiger partial charge in [0.25, 0.3) is 0 Å². The van der Waals surface area contributed by atoms with Crippen LogP contribution in [0.15, 0.2) is 0 Å². The third kappa shape index (κ3) is 2.80. The molecule has 0 spiro atoms. The minimum absolute atomic E-state index is 0.00634. The van der Waals surface area contributed by atoms with Gasteiger partial charge < -0.3 is 11.1 Å². The average molecular weight is 239 g/mol. The maximum atomic E-state index is 12.0. The van der Waals surface area contributed by atoms with Crippen molar-refractivity contribution in [2.24, 2.45) is 5.73 Å². The first-order chi connectivity index (χ1) is 8.24. The van der Waals surface area contributed by atoms with Crippen LogP contribution >= 0.6 is 0 Å². The largest absolute Gasteiger partial charge is 0.353 e. The molecular formula is C13H25N3O. The smallest absolute Gasteiger partial charge is 0.237 e. The number of carbonyl (C=O) groups is 1. The molecule has 2 unspecified atom stereocenters. The molecule has 0 aromatic carbocycles. The highest BCUT2D eigenvalue weighted by atomic mass is 16.2. The van der Waals surface area contributed by atoms with Crippen molar-refractivity contribution in [3.8, 4) is 0 Å². The minimum Gasteiger partial charge on any atom is -0.353 e. The number of amides is 1. The molecule has 1 aliphatic carbocycles. The highest BCUT2D eigenvalue weighted by molar-refractivity contribution is 5.82. The van der Waals surface area contributed by atoms with Crippen molar-refractivity contribution < 1.29 is 4.79 Å². The van der Waals surface area contributed by atoms with Crippen LogP contribution in [0.2, 0.25) is 0 Å². The molecule has 0 aromatic rings. The second-order valence-electron chi connectivity index (χ2n) is 5.43. The van der Waals surface area contributed by atoms with Gasteiger partial charge in [0.15, 0.2) is 0 Å². The van der Waals surface area contributed by atoms with Crippen LogP contribution in [0.25, 0.3) is 0 Å². The van der Waals surface area contributed by atoms with Crippen LogP contribution in [-0.4, -0.2) is 42.0 Å². The van der Waals surface area contributed by atoms with E-state index in [1.807, 2.05) is 0 Å². The zero-order valence-electron chi connectivity index (χ0n) is 10.8. The lowest BCUT2D eigenvalue weighted by Gasteiger charge is -2.46. The summed E-state index contributed by atoms with van der Waals surface area (Å²) in [7, 11) is 0. The Balaban J connectivity index is 2.09. The number of hydrogen-bond acceptors (Lipinski definition) is 3. The monoisotopic (exact) mass is 239 g/mol. The Labute approximate surface area is 104 Å². The molecule has 1 aliphatic heterocycles. The standard InChI is InChI=1S/C13H25N3O/c1-10-9-15-13(17)12(7-8-14)16(10)11-5-3-2-4-6-11/h10-12H,2-9,14H2,1H3,(H,15,17). The molecule has 4 heteroatoms. The van der Waals surface area contributed by atoms with Crippen LogP contribution < -0.4 is 11.1 Å². The van der Waals surface area contributed by atoms with E-state index in [4.69, 9.17) is 5.73 Å². The van der Waals surface area contributed by atoms with Crippen molar-refractivity contribution >= 4 is 5.91 Å². The first-order valence-electron chi connectivity index (χ1n) is 6.99. The Morgan fingerprint density at radius 3 is 2.71 bits per heavy atom. The predicted molar refractivity (Wildman–Crippen MR) is 68.6 cm³/mol. The van der Waals surface area contributed by atoms with Crippen LogP contribution in [0.5, 0.6) is 0 Å². The van der Waals surface area contributed by atoms with Crippen LogP contribution in [0.3, 0.4) is 0 Å². The van der Waals surface area contributed by atoms with Gasteiger partial charge in [0.2, 0.25) is 5.91 Å². The third-order valence-corrected chi connectivity index (χ3v) is 4.18. The first-order valence-corrected chi connectivity index (χ1v) is 6.99. The molecular weight excluding hydrogens is 214 g/mol. The lowest BCUT2D eigenvalue weighted by molar-refractivity contribution is -0.133. The number of nitrogens with one attached hydrogen (secondary N) is 1. The van der Waals surface area contributed by atoms with Crippen molar-refractivity contribution in [3.63, 3.8) is 0 Å². The minimum atomic E-state index is 0.00634. The molecule has 4 nitrogen and oxygen atoms in total. The first kappa shape index (κ1) is 12.8. The van der Waals surface area contributed by atoms with Gasteiger partial charge in [-0.1, -0.05) is 19.3 Å². The normalized spacial score (nSPS) is 32.5. The van der Waals surface area contributed by atoms with E-state index < -0.39 is 0 Å². The van der Waals surface area contributed by atoms with Gasteiger partial charge in [-0.2, -0.15) is 0 Å². The highest BCUT2D eigenvalue weighted by Gasteiger charge is 2.37. The average Bonchev–Trinajstić information content (AvgIpc) is 2.35. The summed E-state index contributed by atoms with van der Waals surface area (Å²) in [6.07, 6.45) is 7.26. The molecule has 1 heterocycles. The Hall–Kier alpha value is -0.610. The Morgan fingerprint density at radius 1 is 1.35 bits per heavy atom. The topological polar surface area (TPSA) is 58.4 Å². The van der Waals surface area contributed by atoms with E-state index in [1.165, 1.54) is 32.1 Å². The maximum absolute atomic E-state index is 12.0. The Kier molecular flexibility index (Phi) is 4.40. The molecule has 17 heavy (non-hydrogen) atoms. The number of hydrogen-bond donors (Lipinski definition) is 2. The zero-order chi connectivity index (χ0) is 12.3. The molecule has 0 aromatic heterocycles. The van der Waals surface area contributed by atoms with Gasteiger partial charge in [0.1, 0.15) is 0 Å². The summed E-state index contributed by atoms with van der Waals surface area (Å²) in [5.74, 6) is 0.180. The third-order valence-electron chi connectivity index (χ3n) is 4.18. The number of nitrogens with zero attached hydrogens (tertiary/aromatic N) is 1. The van der Waals surface area contributed by atoms with Crippen molar-refractivity contribution in [1.29, 1.82) is 0 Å². The lowest BCUT2D eigenvalue weighted by atomic mass is 9.90. The fraction of sp³-hybridized carbons (Fsp3) is 0.923. The van der Waals surface area contributed by atoms with Crippen molar-refractivity contribution in [1.82, 2.24) is 10.2 Å². The van der Waals surface area contributed by atoms with Crippen LogP contribution in [0.4, 0.5) is 0 Å². The summed E-state index contributed by atoms with van der Waals surface area (Å²) in [6.45, 7) is 3.60. The molecule has 2 rings (SSSR count). The summed E-state index contributed by atoms with van der Waals surface area (Å²) in [6, 6.07) is 1.06. The van der Waals surface area contributed by atoms with Gasteiger partial charge >= 0.3 is 0 Å². The highest BCUT2D eigenvalue weighted by Crippen LogP contribution is 2.28. The van der Waals surface area contributed by atoms with Crippen LogP contribution in [0.1, 0.15) is 45.4 Å². The van der Waals surface area contributed by atoms with Crippen molar-refractivity contribution in [2.75, 3.05) is 13.1 Å². The number of carbonyl (C=O) groups excluding carboxylic acids is 1. The fourth-order valence-electron chi connectivity index (χ4n) is 3.35. The van der Waals surface area contributed by atoms with Crippen molar-refractivity contribution in [2.45, 2.75) is 63.6 Å². The van der Waals surface area contributed by atoms with Gasteiger partial charge in [-0.05, 0) is 32.7 Å². The summed E-state index contributed by atoms with van der Waals surface area (Å²) in [5.41, 5.74) is 5.65. The molecule has 1 saturated heterocycles. The summed E-state index contributed by atoms with van der Waals surface area (Å²) in [4.78, 5) is 14.4. The van der Waals surface area contributed by atoms with Gasteiger partial charge in [-0.3, -0.25) is 9.69 Å². The molecule has 98 valence electrons. The van der Waals surface area contributed by atoms with Crippen LogP contribution in [0, 0.1) is 0 Å². The van der Waals surface area contributed by atoms with Crippen molar-refractivity contribution in [3.05, 3.63) is 0 Å². The number of rotatable bonds is 3. The van der Waals surface area contributed by atoms with E-state index in [-0.39, 0.29) is 11.9 Å². The molecule has 1 saturated carbocycles. The lowest BCUT2D eigenvalue weighted by Crippen LogP contribution is -2.63. The second-order valence-corrected chi connectivity index (χ2v) is 5.43.